The summed E-state index contributed by atoms with van der Waals surface area (Å²) in [5, 5.41) is 24.0. The van der Waals surface area contributed by atoms with Crippen LogP contribution in [0.1, 0.15) is 0 Å². The molecular weight excluding hydrogens is 217 g/mol. The van der Waals surface area contributed by atoms with Gasteiger partial charge in [0, 0.05) is 0 Å². The summed E-state index contributed by atoms with van der Waals surface area (Å²) in [5.74, 6) is 0. The van der Waals surface area contributed by atoms with E-state index in [0.29, 0.717) is 0 Å². The SMILES string of the molecule is OCC(O)CO.[Cl-].[Cl-].[K+].[Na+]. The number of hydrogen-bond donors (Lipinski definition) is 3. The molecule has 3 nitrogen and oxygen atoms in total. The molecule has 0 heterocycles. The van der Waals surface area contributed by atoms with Gasteiger partial charge in [0.25, 0.3) is 0 Å². The molecule has 7 heteroatoms. The third-order valence-corrected chi connectivity index (χ3v) is 0.421. The van der Waals surface area contributed by atoms with E-state index in [4.69, 9.17) is 15.3 Å². The second kappa shape index (κ2) is 22.7. The fourth-order valence-electron chi connectivity index (χ4n) is 0.0577. The van der Waals surface area contributed by atoms with Crippen molar-refractivity contribution in [3.63, 3.8) is 0 Å². The summed E-state index contributed by atoms with van der Waals surface area (Å²) >= 11 is 0. The van der Waals surface area contributed by atoms with Gasteiger partial charge >= 0.3 is 80.9 Å². The Morgan fingerprint density at radius 1 is 1.00 bits per heavy atom. The van der Waals surface area contributed by atoms with E-state index in [-0.39, 0.29) is 119 Å². The van der Waals surface area contributed by atoms with Crippen LogP contribution >= 0.6 is 0 Å². The molecule has 0 saturated heterocycles. The van der Waals surface area contributed by atoms with Crippen LogP contribution in [0, 0.1) is 0 Å². The summed E-state index contributed by atoms with van der Waals surface area (Å²) in [4.78, 5) is 0. The molecule has 0 saturated carbocycles. The van der Waals surface area contributed by atoms with E-state index in [1.54, 1.807) is 0 Å². The summed E-state index contributed by atoms with van der Waals surface area (Å²) in [6.07, 6.45) is -0.954. The molecule has 0 aromatic carbocycles. The second-order valence-corrected chi connectivity index (χ2v) is 1.02. The largest absolute Gasteiger partial charge is 1.00 e. The van der Waals surface area contributed by atoms with E-state index in [1.165, 1.54) is 0 Å². The normalized spacial score (nSPS) is 6.00. The smallest absolute Gasteiger partial charge is 1.00 e. The zero-order valence-corrected chi connectivity index (χ0v) is 12.7. The van der Waals surface area contributed by atoms with Crippen molar-refractivity contribution in [1.29, 1.82) is 0 Å². The minimum Gasteiger partial charge on any atom is -1.00 e. The van der Waals surface area contributed by atoms with Crippen molar-refractivity contribution in [1.82, 2.24) is 0 Å². The molecule has 0 fully saturated rings. The Kier molecular flexibility index (Phi) is 66.4. The first-order valence-corrected chi connectivity index (χ1v) is 1.71. The van der Waals surface area contributed by atoms with Crippen LogP contribution in [0.25, 0.3) is 0 Å². The molecule has 3 N–H and O–H groups in total. The average Bonchev–Trinajstić information content (AvgIpc) is 1.65. The van der Waals surface area contributed by atoms with Crippen LogP contribution < -0.4 is 106 Å². The summed E-state index contributed by atoms with van der Waals surface area (Å²) in [5.41, 5.74) is 0. The molecule has 0 aliphatic rings. The number of aliphatic hydroxyl groups excluding tert-OH is 3. The molecule has 54 valence electrons. The van der Waals surface area contributed by atoms with Gasteiger partial charge in [-0.1, -0.05) is 0 Å². The zero-order chi connectivity index (χ0) is 4.99. The third kappa shape index (κ3) is 22.5. The molecule has 0 amide bonds. The Morgan fingerprint density at radius 3 is 1.20 bits per heavy atom. The number of rotatable bonds is 2. The van der Waals surface area contributed by atoms with Crippen LogP contribution in [0.2, 0.25) is 0 Å². The second-order valence-electron chi connectivity index (χ2n) is 1.02. The monoisotopic (exact) mass is 224 g/mol. The van der Waals surface area contributed by atoms with Crippen molar-refractivity contribution < 1.29 is 121 Å². The van der Waals surface area contributed by atoms with E-state index in [9.17, 15) is 0 Å². The summed E-state index contributed by atoms with van der Waals surface area (Å²) in [6, 6.07) is 0. The molecular formula is C3H8Cl2KNaO3. The third-order valence-electron chi connectivity index (χ3n) is 0.421. The predicted octanol–water partition coefficient (Wildman–Crippen LogP) is -13.7. The molecule has 0 atom stereocenters. The Hall–Kier alpha value is 3.10. The molecule has 0 aromatic rings. The predicted molar refractivity (Wildman–Crippen MR) is 20.2 cm³/mol. The van der Waals surface area contributed by atoms with Gasteiger partial charge in [0.1, 0.15) is 6.10 Å². The number of hydrogen-bond acceptors (Lipinski definition) is 3. The van der Waals surface area contributed by atoms with Crippen molar-refractivity contribution in [2.24, 2.45) is 0 Å². The van der Waals surface area contributed by atoms with Gasteiger partial charge in [0.05, 0.1) is 13.2 Å². The fraction of sp³-hybridized carbons (Fsp3) is 1.00. The van der Waals surface area contributed by atoms with E-state index in [1.807, 2.05) is 0 Å². The van der Waals surface area contributed by atoms with Gasteiger partial charge in [-0.2, -0.15) is 0 Å². The molecule has 0 rings (SSSR count). The Bertz CT molecular complexity index is 40.9. The first kappa shape index (κ1) is 29.2. The Morgan fingerprint density at radius 2 is 1.20 bits per heavy atom. The van der Waals surface area contributed by atoms with Gasteiger partial charge in [-0.3, -0.25) is 0 Å². The topological polar surface area (TPSA) is 60.7 Å². The first-order chi connectivity index (χ1) is 2.81. The van der Waals surface area contributed by atoms with Gasteiger partial charge in [-0.05, 0) is 0 Å². The average molecular weight is 225 g/mol. The molecule has 0 aliphatic carbocycles. The molecule has 10 heavy (non-hydrogen) atoms. The van der Waals surface area contributed by atoms with E-state index in [2.05, 4.69) is 0 Å². The van der Waals surface area contributed by atoms with Gasteiger partial charge < -0.3 is 40.1 Å². The van der Waals surface area contributed by atoms with Gasteiger partial charge in [-0.25, -0.2) is 0 Å². The van der Waals surface area contributed by atoms with Crippen LogP contribution in [0.15, 0.2) is 0 Å². The zero-order valence-electron chi connectivity index (χ0n) is 6.09. The van der Waals surface area contributed by atoms with Gasteiger partial charge in [0.2, 0.25) is 0 Å². The van der Waals surface area contributed by atoms with Gasteiger partial charge in [-0.15, -0.1) is 0 Å². The fourth-order valence-corrected chi connectivity index (χ4v) is 0.0577. The first-order valence-electron chi connectivity index (χ1n) is 1.71. The molecule has 0 aliphatic heterocycles. The minimum atomic E-state index is -0.954. The van der Waals surface area contributed by atoms with Crippen LogP contribution in [0.4, 0.5) is 0 Å². The van der Waals surface area contributed by atoms with E-state index >= 15 is 0 Å². The van der Waals surface area contributed by atoms with Crippen LogP contribution in [0.5, 0.6) is 0 Å². The molecule has 0 bridgehead atoms. The van der Waals surface area contributed by atoms with Crippen molar-refractivity contribution in [2.75, 3.05) is 13.2 Å². The van der Waals surface area contributed by atoms with Crippen molar-refractivity contribution >= 4 is 0 Å². The van der Waals surface area contributed by atoms with Gasteiger partial charge in [0.15, 0.2) is 0 Å². The molecule has 0 aromatic heterocycles. The standard InChI is InChI=1S/C3H8O3.2ClH.K.Na/c4-1-3(6)2-5;;;;/h3-6H,1-2H2;2*1H;;/q;;;2*+1/p-2. The van der Waals surface area contributed by atoms with E-state index < -0.39 is 6.10 Å². The molecule has 0 spiro atoms. The van der Waals surface area contributed by atoms with Crippen LogP contribution in [0.3, 0.4) is 0 Å². The summed E-state index contributed by atoms with van der Waals surface area (Å²) in [7, 11) is 0. The Balaban J connectivity index is -0.0000000208. The van der Waals surface area contributed by atoms with Crippen molar-refractivity contribution in [3.05, 3.63) is 0 Å². The quantitative estimate of drug-likeness (QED) is 0.409. The van der Waals surface area contributed by atoms with Crippen molar-refractivity contribution in [2.45, 2.75) is 6.10 Å². The molecule has 0 radical (unpaired) electrons. The summed E-state index contributed by atoms with van der Waals surface area (Å²) < 4.78 is 0. The maximum Gasteiger partial charge on any atom is 1.00 e. The maximum atomic E-state index is 8.17. The minimum absolute atomic E-state index is 0. The number of aliphatic hydroxyl groups is 3. The Labute approximate surface area is 137 Å². The number of halogens is 2. The molecule has 0 unspecified atom stereocenters. The van der Waals surface area contributed by atoms with Crippen molar-refractivity contribution in [3.8, 4) is 0 Å². The van der Waals surface area contributed by atoms with E-state index in [0.717, 1.165) is 0 Å². The van der Waals surface area contributed by atoms with Crippen LogP contribution in [-0.4, -0.2) is 34.6 Å². The summed E-state index contributed by atoms with van der Waals surface area (Å²) in [6.45, 7) is -0.729. The maximum absolute atomic E-state index is 8.17. The van der Waals surface area contributed by atoms with Crippen LogP contribution in [-0.2, 0) is 0 Å².